The Bertz CT molecular complexity index is 696. The second-order valence-corrected chi connectivity index (χ2v) is 4.72. The standard InChI is InChI=1S/C17H15FN2O2/c1-13-11-15(18)7-8-16(13)20(10-9-19)17(21)22-12-14-5-3-2-4-6-14/h2-8,11H,10,12H2,1H3. The number of hydrogen-bond donors (Lipinski definition) is 0. The third-order valence-electron chi connectivity index (χ3n) is 3.10. The van der Waals surface area contributed by atoms with E-state index in [0.717, 1.165) is 5.56 Å². The van der Waals surface area contributed by atoms with E-state index in [1.54, 1.807) is 6.92 Å². The zero-order valence-electron chi connectivity index (χ0n) is 12.1. The molecular formula is C17H15FN2O2. The minimum Gasteiger partial charge on any atom is -0.444 e. The summed E-state index contributed by atoms with van der Waals surface area (Å²) in [5.41, 5.74) is 1.87. The monoisotopic (exact) mass is 298 g/mol. The van der Waals surface area contributed by atoms with Crippen LogP contribution in [0.15, 0.2) is 48.5 Å². The Labute approximate surface area is 128 Å². The van der Waals surface area contributed by atoms with E-state index in [1.165, 1.54) is 23.1 Å². The molecule has 2 aromatic rings. The quantitative estimate of drug-likeness (QED) is 0.807. The molecule has 5 heteroatoms. The molecule has 0 atom stereocenters. The first-order chi connectivity index (χ1) is 10.6. The van der Waals surface area contributed by atoms with Gasteiger partial charge in [-0.1, -0.05) is 30.3 Å². The molecule has 1 amide bonds. The van der Waals surface area contributed by atoms with E-state index in [1.807, 2.05) is 36.4 Å². The molecule has 0 unspecified atom stereocenters. The summed E-state index contributed by atoms with van der Waals surface area (Å²) < 4.78 is 18.4. The van der Waals surface area contributed by atoms with Crippen molar-refractivity contribution in [2.24, 2.45) is 0 Å². The van der Waals surface area contributed by atoms with Crippen LogP contribution in [0, 0.1) is 24.1 Å². The van der Waals surface area contributed by atoms with E-state index in [4.69, 9.17) is 10.00 Å². The van der Waals surface area contributed by atoms with Crippen LogP contribution in [0.3, 0.4) is 0 Å². The van der Waals surface area contributed by atoms with E-state index >= 15 is 0 Å². The molecule has 0 radical (unpaired) electrons. The Kier molecular flexibility index (Phi) is 5.10. The molecule has 0 spiro atoms. The van der Waals surface area contributed by atoms with E-state index < -0.39 is 11.9 Å². The maximum atomic E-state index is 13.2. The van der Waals surface area contributed by atoms with E-state index in [9.17, 15) is 9.18 Å². The highest BCUT2D eigenvalue weighted by Crippen LogP contribution is 2.21. The number of benzene rings is 2. The number of carbonyl (C=O) groups is 1. The lowest BCUT2D eigenvalue weighted by Crippen LogP contribution is -2.32. The topological polar surface area (TPSA) is 53.3 Å². The summed E-state index contributed by atoms with van der Waals surface area (Å²) in [5, 5.41) is 8.90. The Hall–Kier alpha value is -2.87. The van der Waals surface area contributed by atoms with Crippen molar-refractivity contribution in [3.05, 3.63) is 65.5 Å². The molecule has 0 aromatic heterocycles. The van der Waals surface area contributed by atoms with Gasteiger partial charge in [0.15, 0.2) is 0 Å². The smallest absolute Gasteiger partial charge is 0.415 e. The van der Waals surface area contributed by atoms with Gasteiger partial charge < -0.3 is 4.74 Å². The van der Waals surface area contributed by atoms with Gasteiger partial charge in [0.05, 0.1) is 11.8 Å². The van der Waals surface area contributed by atoms with Crippen molar-refractivity contribution in [2.75, 3.05) is 11.4 Å². The summed E-state index contributed by atoms with van der Waals surface area (Å²) >= 11 is 0. The lowest BCUT2D eigenvalue weighted by atomic mass is 10.2. The van der Waals surface area contributed by atoms with Gasteiger partial charge in [-0.2, -0.15) is 5.26 Å². The number of anilines is 1. The number of hydrogen-bond acceptors (Lipinski definition) is 3. The third-order valence-corrected chi connectivity index (χ3v) is 3.10. The largest absolute Gasteiger partial charge is 0.444 e. The molecule has 4 nitrogen and oxygen atoms in total. The second kappa shape index (κ2) is 7.23. The molecule has 0 aliphatic carbocycles. The van der Waals surface area contributed by atoms with Gasteiger partial charge in [0.25, 0.3) is 0 Å². The molecule has 2 aromatic carbocycles. The van der Waals surface area contributed by atoms with Crippen LogP contribution in [0.25, 0.3) is 0 Å². The van der Waals surface area contributed by atoms with Gasteiger partial charge in [0.2, 0.25) is 0 Å². The summed E-state index contributed by atoms with van der Waals surface area (Å²) in [6.45, 7) is 1.62. The summed E-state index contributed by atoms with van der Waals surface area (Å²) in [6, 6.07) is 15.2. The highest BCUT2D eigenvalue weighted by atomic mass is 19.1. The average Bonchev–Trinajstić information content (AvgIpc) is 2.52. The lowest BCUT2D eigenvalue weighted by Gasteiger charge is -2.21. The van der Waals surface area contributed by atoms with Crippen LogP contribution in [0.2, 0.25) is 0 Å². The molecule has 0 bridgehead atoms. The molecule has 0 aliphatic rings. The molecule has 0 saturated heterocycles. The van der Waals surface area contributed by atoms with Crippen molar-refractivity contribution in [1.29, 1.82) is 5.26 Å². The Morgan fingerprint density at radius 1 is 1.27 bits per heavy atom. The first-order valence-corrected chi connectivity index (χ1v) is 6.73. The van der Waals surface area contributed by atoms with E-state index in [-0.39, 0.29) is 13.2 Å². The van der Waals surface area contributed by atoms with E-state index in [2.05, 4.69) is 0 Å². The van der Waals surface area contributed by atoms with Gasteiger partial charge in [-0.15, -0.1) is 0 Å². The zero-order chi connectivity index (χ0) is 15.9. The fourth-order valence-electron chi connectivity index (χ4n) is 2.04. The number of nitrogens with zero attached hydrogens (tertiary/aromatic N) is 2. The third kappa shape index (κ3) is 3.83. The number of amides is 1. The van der Waals surface area contributed by atoms with Crippen molar-refractivity contribution in [3.8, 4) is 6.07 Å². The molecule has 112 valence electrons. The normalized spacial score (nSPS) is 9.86. The molecule has 0 N–H and O–H groups in total. The van der Waals surface area contributed by atoms with Crippen molar-refractivity contribution >= 4 is 11.8 Å². The molecule has 0 heterocycles. The molecule has 2 rings (SSSR count). The number of aryl methyl sites for hydroxylation is 1. The van der Waals surface area contributed by atoms with Crippen molar-refractivity contribution in [1.82, 2.24) is 0 Å². The van der Waals surface area contributed by atoms with Gasteiger partial charge in [-0.05, 0) is 36.2 Å². The summed E-state index contributed by atoms with van der Waals surface area (Å²) in [6.07, 6.45) is -0.639. The fourth-order valence-corrected chi connectivity index (χ4v) is 2.04. The number of halogens is 1. The summed E-state index contributed by atoms with van der Waals surface area (Å²) in [4.78, 5) is 13.4. The first kappa shape index (κ1) is 15.5. The van der Waals surface area contributed by atoms with Gasteiger partial charge >= 0.3 is 6.09 Å². The summed E-state index contributed by atoms with van der Waals surface area (Å²) in [5.74, 6) is -0.393. The molecular weight excluding hydrogens is 283 g/mol. The van der Waals surface area contributed by atoms with Gasteiger partial charge in [0, 0.05) is 0 Å². The number of ether oxygens (including phenoxy) is 1. The van der Waals surface area contributed by atoms with Crippen LogP contribution in [0.4, 0.5) is 14.9 Å². The van der Waals surface area contributed by atoms with Crippen molar-refractivity contribution < 1.29 is 13.9 Å². The predicted octanol–water partition coefficient (Wildman–Crippen LogP) is 3.80. The first-order valence-electron chi connectivity index (χ1n) is 6.73. The molecule has 0 aliphatic heterocycles. The average molecular weight is 298 g/mol. The molecule has 0 fully saturated rings. The predicted molar refractivity (Wildman–Crippen MR) is 80.7 cm³/mol. The number of rotatable bonds is 4. The second-order valence-electron chi connectivity index (χ2n) is 4.72. The van der Waals surface area contributed by atoms with Crippen LogP contribution in [0.1, 0.15) is 11.1 Å². The summed E-state index contributed by atoms with van der Waals surface area (Å²) in [7, 11) is 0. The Morgan fingerprint density at radius 2 is 2.00 bits per heavy atom. The Balaban J connectivity index is 2.13. The lowest BCUT2D eigenvalue weighted by molar-refractivity contribution is 0.148. The van der Waals surface area contributed by atoms with Gasteiger partial charge in [0.1, 0.15) is 19.0 Å². The van der Waals surface area contributed by atoms with Crippen molar-refractivity contribution in [3.63, 3.8) is 0 Å². The SMILES string of the molecule is Cc1cc(F)ccc1N(CC#N)C(=O)OCc1ccccc1. The van der Waals surface area contributed by atoms with Crippen LogP contribution < -0.4 is 4.90 Å². The van der Waals surface area contributed by atoms with Crippen LogP contribution >= 0.6 is 0 Å². The maximum Gasteiger partial charge on any atom is 0.415 e. The minimum atomic E-state index is -0.639. The van der Waals surface area contributed by atoms with Crippen LogP contribution in [-0.2, 0) is 11.3 Å². The zero-order valence-corrected chi connectivity index (χ0v) is 12.1. The molecule has 22 heavy (non-hydrogen) atoms. The van der Waals surface area contributed by atoms with Crippen LogP contribution in [-0.4, -0.2) is 12.6 Å². The van der Waals surface area contributed by atoms with Gasteiger partial charge in [-0.3, -0.25) is 4.90 Å². The fraction of sp³-hybridized carbons (Fsp3) is 0.176. The van der Waals surface area contributed by atoms with Crippen molar-refractivity contribution in [2.45, 2.75) is 13.5 Å². The number of nitriles is 1. The molecule has 0 saturated carbocycles. The highest BCUT2D eigenvalue weighted by Gasteiger charge is 2.19. The maximum absolute atomic E-state index is 13.2. The van der Waals surface area contributed by atoms with E-state index in [0.29, 0.717) is 11.3 Å². The van der Waals surface area contributed by atoms with Crippen LogP contribution in [0.5, 0.6) is 0 Å². The van der Waals surface area contributed by atoms with Gasteiger partial charge in [-0.25, -0.2) is 9.18 Å². The highest BCUT2D eigenvalue weighted by molar-refractivity contribution is 5.89. The number of carbonyl (C=O) groups excluding carboxylic acids is 1. The minimum absolute atomic E-state index is 0.113. The Morgan fingerprint density at radius 3 is 2.64 bits per heavy atom.